The minimum Gasteiger partial charge on any atom is -0.372 e. The Bertz CT molecular complexity index is 715. The van der Waals surface area contributed by atoms with Crippen molar-refractivity contribution in [2.45, 2.75) is 20.4 Å². The molecular weight excluding hydrogens is 356 g/mol. The molecular formula is C22H29ClN4. The van der Waals surface area contributed by atoms with Gasteiger partial charge >= 0.3 is 0 Å². The van der Waals surface area contributed by atoms with Crippen LogP contribution in [-0.2, 0) is 6.54 Å². The van der Waals surface area contributed by atoms with Gasteiger partial charge in [0, 0.05) is 56.5 Å². The number of rotatable bonds is 7. The molecule has 2 aromatic rings. The van der Waals surface area contributed by atoms with Crippen LogP contribution in [0.1, 0.15) is 25.0 Å². The van der Waals surface area contributed by atoms with Crippen LogP contribution in [0.15, 0.2) is 53.6 Å². The third-order valence-electron chi connectivity index (χ3n) is 5.06. The number of nitrogens with zero attached hydrogens (tertiary/aromatic N) is 4. The van der Waals surface area contributed by atoms with Crippen molar-refractivity contribution in [3.8, 4) is 0 Å². The van der Waals surface area contributed by atoms with E-state index in [9.17, 15) is 0 Å². The first-order valence-electron chi connectivity index (χ1n) is 9.78. The Labute approximate surface area is 168 Å². The number of piperazine rings is 1. The molecule has 0 radical (unpaired) electrons. The Balaban J connectivity index is 1.47. The summed E-state index contributed by atoms with van der Waals surface area (Å²) < 4.78 is 0. The quantitative estimate of drug-likeness (QED) is 0.663. The van der Waals surface area contributed by atoms with Crippen molar-refractivity contribution in [1.82, 2.24) is 9.91 Å². The van der Waals surface area contributed by atoms with E-state index in [4.69, 9.17) is 11.6 Å². The lowest BCUT2D eigenvalue weighted by atomic mass is 10.2. The summed E-state index contributed by atoms with van der Waals surface area (Å²) in [7, 11) is 0. The largest absolute Gasteiger partial charge is 0.372 e. The van der Waals surface area contributed by atoms with Crippen LogP contribution in [0.5, 0.6) is 0 Å². The summed E-state index contributed by atoms with van der Waals surface area (Å²) in [6.07, 6.45) is 1.97. The van der Waals surface area contributed by atoms with Gasteiger partial charge in [0.1, 0.15) is 0 Å². The smallest absolute Gasteiger partial charge is 0.0542 e. The number of hydrazone groups is 1. The van der Waals surface area contributed by atoms with Crippen LogP contribution in [0.25, 0.3) is 0 Å². The predicted molar refractivity (Wildman–Crippen MR) is 116 cm³/mol. The first-order chi connectivity index (χ1) is 13.2. The molecule has 1 aliphatic rings. The van der Waals surface area contributed by atoms with E-state index in [1.807, 2.05) is 18.3 Å². The molecule has 0 unspecified atom stereocenters. The van der Waals surface area contributed by atoms with Crippen LogP contribution in [0.4, 0.5) is 5.69 Å². The molecule has 5 heteroatoms. The van der Waals surface area contributed by atoms with E-state index >= 15 is 0 Å². The standard InChI is InChI=1S/C22H29ClN4/c1-3-26(4-2)22-11-7-19(8-12-22)17-24-27-15-13-25(14-16-27)18-20-5-9-21(23)10-6-20/h5-12,17H,3-4,13-16,18H2,1-2H3/b24-17+. The molecule has 0 saturated carbocycles. The van der Waals surface area contributed by atoms with Crippen LogP contribution in [0.3, 0.4) is 0 Å². The van der Waals surface area contributed by atoms with Gasteiger partial charge in [0.05, 0.1) is 6.21 Å². The van der Waals surface area contributed by atoms with E-state index < -0.39 is 0 Å². The fourth-order valence-electron chi connectivity index (χ4n) is 3.37. The van der Waals surface area contributed by atoms with Crippen molar-refractivity contribution in [3.63, 3.8) is 0 Å². The average Bonchev–Trinajstić information content (AvgIpc) is 2.71. The zero-order chi connectivity index (χ0) is 19.1. The molecule has 0 spiro atoms. The number of anilines is 1. The molecule has 1 saturated heterocycles. The van der Waals surface area contributed by atoms with Crippen LogP contribution in [0.2, 0.25) is 5.02 Å². The highest BCUT2D eigenvalue weighted by molar-refractivity contribution is 6.30. The summed E-state index contributed by atoms with van der Waals surface area (Å²) >= 11 is 5.96. The molecule has 144 valence electrons. The van der Waals surface area contributed by atoms with Crippen LogP contribution < -0.4 is 4.90 Å². The van der Waals surface area contributed by atoms with Gasteiger partial charge in [-0.3, -0.25) is 9.91 Å². The van der Waals surface area contributed by atoms with Gasteiger partial charge in [-0.2, -0.15) is 5.10 Å². The molecule has 0 aromatic heterocycles. The molecule has 0 atom stereocenters. The second-order valence-electron chi connectivity index (χ2n) is 6.86. The fraction of sp³-hybridized carbons (Fsp3) is 0.409. The Morgan fingerprint density at radius 2 is 1.56 bits per heavy atom. The highest BCUT2D eigenvalue weighted by atomic mass is 35.5. The SMILES string of the molecule is CCN(CC)c1ccc(/C=N/N2CCN(Cc3ccc(Cl)cc3)CC2)cc1. The van der Waals surface area contributed by atoms with Crippen molar-refractivity contribution in [2.75, 3.05) is 44.2 Å². The Kier molecular flexibility index (Phi) is 7.13. The molecule has 4 nitrogen and oxygen atoms in total. The zero-order valence-electron chi connectivity index (χ0n) is 16.3. The highest BCUT2D eigenvalue weighted by Gasteiger charge is 2.15. The number of hydrogen-bond acceptors (Lipinski definition) is 4. The summed E-state index contributed by atoms with van der Waals surface area (Å²) in [4.78, 5) is 4.81. The van der Waals surface area contributed by atoms with Gasteiger partial charge in [0.2, 0.25) is 0 Å². The summed E-state index contributed by atoms with van der Waals surface area (Å²) in [5, 5.41) is 7.63. The maximum Gasteiger partial charge on any atom is 0.0542 e. The van der Waals surface area contributed by atoms with Crippen molar-refractivity contribution >= 4 is 23.5 Å². The molecule has 2 aromatic carbocycles. The van der Waals surface area contributed by atoms with Crippen LogP contribution >= 0.6 is 11.6 Å². The second kappa shape index (κ2) is 9.77. The van der Waals surface area contributed by atoms with Crippen molar-refractivity contribution in [1.29, 1.82) is 0 Å². The minimum absolute atomic E-state index is 0.794. The van der Waals surface area contributed by atoms with Gasteiger partial charge < -0.3 is 4.90 Å². The summed E-state index contributed by atoms with van der Waals surface area (Å²) in [5.41, 5.74) is 3.73. The Morgan fingerprint density at radius 3 is 2.15 bits per heavy atom. The molecule has 3 rings (SSSR count). The summed E-state index contributed by atoms with van der Waals surface area (Å²) in [6, 6.07) is 16.8. The molecule has 0 aliphatic carbocycles. The van der Waals surface area contributed by atoms with Crippen LogP contribution in [0, 0.1) is 0 Å². The summed E-state index contributed by atoms with van der Waals surface area (Å²) in [6.45, 7) is 11.4. The van der Waals surface area contributed by atoms with Gasteiger partial charge in [0.25, 0.3) is 0 Å². The molecule has 1 heterocycles. The van der Waals surface area contributed by atoms with E-state index in [2.05, 4.69) is 70.2 Å². The van der Waals surface area contributed by atoms with E-state index in [-0.39, 0.29) is 0 Å². The van der Waals surface area contributed by atoms with Gasteiger partial charge in [0.15, 0.2) is 0 Å². The van der Waals surface area contributed by atoms with E-state index in [0.717, 1.165) is 56.4 Å². The number of benzene rings is 2. The number of halogens is 1. The monoisotopic (exact) mass is 384 g/mol. The Morgan fingerprint density at radius 1 is 0.926 bits per heavy atom. The summed E-state index contributed by atoms with van der Waals surface area (Å²) in [5.74, 6) is 0. The lowest BCUT2D eigenvalue weighted by molar-refractivity contribution is 0.131. The lowest BCUT2D eigenvalue weighted by Crippen LogP contribution is -2.43. The van der Waals surface area contributed by atoms with E-state index in [1.54, 1.807) is 0 Å². The van der Waals surface area contributed by atoms with Crippen molar-refractivity contribution < 1.29 is 0 Å². The highest BCUT2D eigenvalue weighted by Crippen LogP contribution is 2.15. The number of hydrogen-bond donors (Lipinski definition) is 0. The third kappa shape index (κ3) is 5.72. The van der Waals surface area contributed by atoms with E-state index in [0.29, 0.717) is 0 Å². The minimum atomic E-state index is 0.794. The van der Waals surface area contributed by atoms with Gasteiger partial charge in [-0.25, -0.2) is 0 Å². The first-order valence-corrected chi connectivity index (χ1v) is 10.2. The third-order valence-corrected chi connectivity index (χ3v) is 5.31. The van der Waals surface area contributed by atoms with Gasteiger partial charge in [-0.05, 0) is 49.2 Å². The maximum atomic E-state index is 5.96. The molecule has 1 aliphatic heterocycles. The van der Waals surface area contributed by atoms with Gasteiger partial charge in [-0.1, -0.05) is 35.9 Å². The fourth-order valence-corrected chi connectivity index (χ4v) is 3.49. The maximum absolute atomic E-state index is 5.96. The van der Waals surface area contributed by atoms with Crippen molar-refractivity contribution in [2.24, 2.45) is 5.10 Å². The zero-order valence-corrected chi connectivity index (χ0v) is 17.1. The molecule has 0 bridgehead atoms. The molecule has 27 heavy (non-hydrogen) atoms. The van der Waals surface area contributed by atoms with E-state index in [1.165, 1.54) is 11.3 Å². The van der Waals surface area contributed by atoms with Crippen LogP contribution in [-0.4, -0.2) is 55.4 Å². The molecule has 0 N–H and O–H groups in total. The average molecular weight is 385 g/mol. The topological polar surface area (TPSA) is 22.1 Å². The lowest BCUT2D eigenvalue weighted by Gasteiger charge is -2.33. The molecule has 0 amide bonds. The van der Waals surface area contributed by atoms with Gasteiger partial charge in [-0.15, -0.1) is 0 Å². The normalized spacial score (nSPS) is 15.4. The second-order valence-corrected chi connectivity index (χ2v) is 7.30. The predicted octanol–water partition coefficient (Wildman–Crippen LogP) is 4.34. The first kappa shape index (κ1) is 19.7. The Hall–Kier alpha value is -2.04. The van der Waals surface area contributed by atoms with Crippen molar-refractivity contribution in [3.05, 3.63) is 64.7 Å². The molecule has 1 fully saturated rings.